The quantitative estimate of drug-likeness (QED) is 0.527. The molecular formula is C27H47N5O4. The first-order chi connectivity index (χ1) is 17.2. The fourth-order valence-electron chi connectivity index (χ4n) is 7.69. The van der Waals surface area contributed by atoms with Crippen molar-refractivity contribution in [1.82, 2.24) is 24.9 Å². The van der Waals surface area contributed by atoms with Crippen LogP contribution in [0.25, 0.3) is 0 Å². The molecule has 1 aliphatic carbocycles. The van der Waals surface area contributed by atoms with Gasteiger partial charge in [-0.25, -0.2) is 4.79 Å². The van der Waals surface area contributed by atoms with Crippen molar-refractivity contribution in [3.05, 3.63) is 0 Å². The van der Waals surface area contributed by atoms with Crippen LogP contribution in [0.3, 0.4) is 0 Å². The highest BCUT2D eigenvalue weighted by molar-refractivity contribution is 5.69. The molecule has 4 atom stereocenters. The number of hydrogen-bond acceptors (Lipinski definition) is 8. The molecule has 7 fully saturated rings. The van der Waals surface area contributed by atoms with Gasteiger partial charge in [0.2, 0.25) is 0 Å². The first kappa shape index (κ1) is 26.2. The number of amides is 1. The third-order valence-corrected chi connectivity index (χ3v) is 9.27. The molecule has 36 heavy (non-hydrogen) atoms. The van der Waals surface area contributed by atoms with Gasteiger partial charge < -0.3 is 19.7 Å². The summed E-state index contributed by atoms with van der Waals surface area (Å²) in [6.45, 7) is 17.8. The van der Waals surface area contributed by atoms with Crippen LogP contribution in [-0.2, 0) is 14.3 Å². The Balaban J connectivity index is 1.08. The van der Waals surface area contributed by atoms with Crippen LogP contribution >= 0.6 is 0 Å². The molecule has 1 saturated carbocycles. The maximum atomic E-state index is 12.8. The molecule has 9 heteroatoms. The number of carbonyl (C=O) groups is 2. The minimum absolute atomic E-state index is 0.0197. The Morgan fingerprint density at radius 2 is 1.58 bits per heavy atom. The van der Waals surface area contributed by atoms with Crippen LogP contribution in [-0.4, -0.2) is 122 Å². The van der Waals surface area contributed by atoms with Gasteiger partial charge in [-0.2, -0.15) is 0 Å². The van der Waals surface area contributed by atoms with Gasteiger partial charge >= 0.3 is 12.1 Å². The molecule has 6 aliphatic heterocycles. The highest BCUT2D eigenvalue weighted by atomic mass is 16.6. The van der Waals surface area contributed by atoms with Crippen molar-refractivity contribution in [3.63, 3.8) is 0 Å². The van der Waals surface area contributed by atoms with Crippen molar-refractivity contribution in [2.24, 2.45) is 10.8 Å². The van der Waals surface area contributed by atoms with E-state index in [0.717, 1.165) is 97.6 Å². The minimum atomic E-state index is -0.301. The Morgan fingerprint density at radius 3 is 2.28 bits per heavy atom. The van der Waals surface area contributed by atoms with E-state index in [9.17, 15) is 9.59 Å². The van der Waals surface area contributed by atoms with Crippen molar-refractivity contribution in [2.75, 3.05) is 72.1 Å². The number of fused-ring (bicyclic) bond motifs is 7. The van der Waals surface area contributed by atoms with Crippen molar-refractivity contribution < 1.29 is 19.1 Å². The highest BCUT2D eigenvalue weighted by Crippen LogP contribution is 2.48. The lowest BCUT2D eigenvalue weighted by molar-refractivity contribution is -0.160. The fraction of sp³-hybridized carbons (Fsp3) is 0.926. The average molecular weight is 506 g/mol. The lowest BCUT2D eigenvalue weighted by atomic mass is 9.61. The number of hydrogen-bond donors (Lipinski definition) is 1. The Morgan fingerprint density at radius 1 is 0.889 bits per heavy atom. The predicted octanol–water partition coefficient (Wildman–Crippen LogP) is 1.97. The number of rotatable bonds is 7. The Hall–Kier alpha value is -1.42. The van der Waals surface area contributed by atoms with Gasteiger partial charge in [0.25, 0.3) is 0 Å². The molecule has 1 amide bonds. The van der Waals surface area contributed by atoms with Gasteiger partial charge in [0.15, 0.2) is 6.23 Å². The number of nitrogens with zero attached hydrogens (tertiary/aromatic N) is 4. The average Bonchev–Trinajstić information content (AvgIpc) is 3.14. The SMILES string of the molecule is CC1(C)CC(NC(=O)OCC2CN3CCN2CC3)CC(C)(CCC(=O)OC2CCN3CCN2CC3)C1. The normalized spacial score (nSPS) is 41.4. The van der Waals surface area contributed by atoms with Crippen molar-refractivity contribution >= 4 is 12.1 Å². The molecule has 0 spiro atoms. The third-order valence-electron chi connectivity index (χ3n) is 9.27. The predicted molar refractivity (Wildman–Crippen MR) is 138 cm³/mol. The van der Waals surface area contributed by atoms with Gasteiger partial charge in [0, 0.05) is 84.3 Å². The zero-order valence-electron chi connectivity index (χ0n) is 22.7. The Labute approximate surface area is 216 Å². The van der Waals surface area contributed by atoms with E-state index < -0.39 is 0 Å². The van der Waals surface area contributed by atoms with E-state index in [1.807, 2.05) is 0 Å². The number of piperazine rings is 4. The van der Waals surface area contributed by atoms with Gasteiger partial charge in [0.1, 0.15) is 6.61 Å². The van der Waals surface area contributed by atoms with E-state index in [-0.39, 0.29) is 35.2 Å². The highest BCUT2D eigenvalue weighted by Gasteiger charge is 2.42. The first-order valence-electron chi connectivity index (χ1n) is 14.2. The van der Waals surface area contributed by atoms with E-state index in [2.05, 4.69) is 45.7 Å². The number of alkyl carbamates (subject to hydrolysis) is 1. The minimum Gasteiger partial charge on any atom is -0.448 e. The number of carbonyl (C=O) groups excluding carboxylic acids is 2. The van der Waals surface area contributed by atoms with E-state index in [1.165, 1.54) is 0 Å². The summed E-state index contributed by atoms with van der Waals surface area (Å²) in [5, 5.41) is 3.17. The zero-order chi connectivity index (χ0) is 25.3. The molecule has 0 aromatic rings. The summed E-state index contributed by atoms with van der Waals surface area (Å²) in [5.74, 6) is -0.0820. The summed E-state index contributed by atoms with van der Waals surface area (Å²) in [5.41, 5.74) is 0.0742. The van der Waals surface area contributed by atoms with Gasteiger partial charge in [-0.1, -0.05) is 20.8 Å². The second-order valence-electron chi connectivity index (χ2n) is 13.1. The molecule has 4 unspecified atom stereocenters. The first-order valence-corrected chi connectivity index (χ1v) is 14.2. The zero-order valence-corrected chi connectivity index (χ0v) is 22.7. The standard InChI is InChI=1S/C27H47N5O4/c1-26(2)16-21(28-25(34)35-19-22-18-30-10-12-31(22)13-11-30)17-27(3,20-26)6-4-24(33)36-23-5-7-29-8-14-32(23)15-9-29/h21-23H,4-20H2,1-3H3,(H,28,34). The van der Waals surface area contributed by atoms with Crippen molar-refractivity contribution in [3.8, 4) is 0 Å². The van der Waals surface area contributed by atoms with E-state index >= 15 is 0 Å². The number of ether oxygens (including phenoxy) is 2. The van der Waals surface area contributed by atoms with Crippen LogP contribution in [0.1, 0.15) is 59.3 Å². The molecule has 7 rings (SSSR count). The summed E-state index contributed by atoms with van der Waals surface area (Å²) in [6.07, 6.45) is 4.59. The van der Waals surface area contributed by atoms with E-state index in [1.54, 1.807) is 0 Å². The molecular weight excluding hydrogens is 458 g/mol. The van der Waals surface area contributed by atoms with Crippen LogP contribution in [0.2, 0.25) is 0 Å². The van der Waals surface area contributed by atoms with Gasteiger partial charge in [-0.05, 0) is 36.5 Å². The Bertz CT molecular complexity index is 793. The summed E-state index contributed by atoms with van der Waals surface area (Å²) in [6, 6.07) is 0.376. The maximum absolute atomic E-state index is 12.8. The second-order valence-corrected chi connectivity index (χ2v) is 13.1. The van der Waals surface area contributed by atoms with E-state index in [4.69, 9.17) is 9.47 Å². The lowest BCUT2D eigenvalue weighted by Crippen LogP contribution is -2.62. The summed E-state index contributed by atoms with van der Waals surface area (Å²) >= 11 is 0. The summed E-state index contributed by atoms with van der Waals surface area (Å²) in [4.78, 5) is 35.2. The summed E-state index contributed by atoms with van der Waals surface area (Å²) < 4.78 is 11.6. The molecule has 7 aliphatic rings. The molecule has 4 bridgehead atoms. The van der Waals surface area contributed by atoms with Gasteiger partial charge in [0.05, 0.1) is 6.04 Å². The number of esters is 1. The monoisotopic (exact) mass is 505 g/mol. The molecule has 6 saturated heterocycles. The maximum Gasteiger partial charge on any atom is 0.407 e. The third kappa shape index (κ3) is 6.52. The molecule has 204 valence electrons. The van der Waals surface area contributed by atoms with Crippen molar-refractivity contribution in [2.45, 2.75) is 77.6 Å². The Kier molecular flexibility index (Phi) is 7.82. The van der Waals surface area contributed by atoms with Crippen LogP contribution in [0, 0.1) is 10.8 Å². The van der Waals surface area contributed by atoms with Crippen LogP contribution in [0.15, 0.2) is 0 Å². The van der Waals surface area contributed by atoms with Crippen LogP contribution < -0.4 is 5.32 Å². The van der Waals surface area contributed by atoms with Crippen molar-refractivity contribution in [1.29, 1.82) is 0 Å². The van der Waals surface area contributed by atoms with Gasteiger partial charge in [-0.15, -0.1) is 0 Å². The second kappa shape index (κ2) is 10.8. The fourth-order valence-corrected chi connectivity index (χ4v) is 7.69. The molecule has 1 N–H and O–H groups in total. The van der Waals surface area contributed by atoms with Crippen LogP contribution in [0.4, 0.5) is 4.79 Å². The molecule has 0 aromatic carbocycles. The van der Waals surface area contributed by atoms with Crippen LogP contribution in [0.5, 0.6) is 0 Å². The smallest absolute Gasteiger partial charge is 0.407 e. The molecule has 0 radical (unpaired) electrons. The van der Waals surface area contributed by atoms with E-state index in [0.29, 0.717) is 19.1 Å². The topological polar surface area (TPSA) is 77.6 Å². The largest absolute Gasteiger partial charge is 0.448 e. The lowest BCUT2D eigenvalue weighted by Gasteiger charge is -2.47. The molecule has 0 aromatic heterocycles. The molecule has 6 heterocycles. The summed E-state index contributed by atoms with van der Waals surface area (Å²) in [7, 11) is 0. The van der Waals surface area contributed by atoms with Gasteiger partial charge in [-0.3, -0.25) is 19.5 Å². The number of nitrogens with one attached hydrogen (secondary N) is 1. The molecule has 9 nitrogen and oxygen atoms in total.